The molecule has 1 fully saturated rings. The maximum atomic E-state index is 12.8. The highest BCUT2D eigenvalue weighted by atomic mass is 35.5. The minimum Gasteiger partial charge on any atom is -0.346 e. The van der Waals surface area contributed by atoms with Crippen molar-refractivity contribution in [3.05, 3.63) is 86.8 Å². The molecular formula is C21H17Cl2N7O2. The second-order valence-corrected chi connectivity index (χ2v) is 8.28. The van der Waals surface area contributed by atoms with E-state index in [-0.39, 0.29) is 39.3 Å². The van der Waals surface area contributed by atoms with Crippen molar-refractivity contribution in [3.63, 3.8) is 0 Å². The Kier molecular flexibility index (Phi) is 5.28. The molecule has 5 rings (SSSR count). The minimum atomic E-state index is -0.349. The molecular weight excluding hydrogens is 453 g/mol. The molecule has 1 amide bonds. The average Bonchev–Trinajstić information content (AvgIpc) is 3.42. The van der Waals surface area contributed by atoms with Crippen LogP contribution in [-0.2, 0) is 0 Å². The highest BCUT2D eigenvalue weighted by Gasteiger charge is 2.35. The topological polar surface area (TPSA) is 108 Å². The number of fused-ring (bicyclic) bond motifs is 1. The molecule has 1 unspecified atom stereocenters. The van der Waals surface area contributed by atoms with Crippen molar-refractivity contribution in [2.75, 3.05) is 11.4 Å². The maximum absolute atomic E-state index is 12.8. The third kappa shape index (κ3) is 3.92. The first kappa shape index (κ1) is 20.5. The summed E-state index contributed by atoms with van der Waals surface area (Å²) in [6.45, 7) is 0.498. The summed E-state index contributed by atoms with van der Waals surface area (Å²) in [5, 5.41) is 8.20. The van der Waals surface area contributed by atoms with Crippen LogP contribution in [0.4, 0.5) is 5.82 Å². The van der Waals surface area contributed by atoms with Gasteiger partial charge in [0.1, 0.15) is 11.5 Å². The molecule has 0 spiro atoms. The van der Waals surface area contributed by atoms with Crippen LogP contribution in [0.2, 0.25) is 10.0 Å². The van der Waals surface area contributed by atoms with Gasteiger partial charge < -0.3 is 15.2 Å². The van der Waals surface area contributed by atoms with E-state index in [2.05, 4.69) is 30.3 Å². The first-order valence-electron chi connectivity index (χ1n) is 9.85. The van der Waals surface area contributed by atoms with Gasteiger partial charge in [0.05, 0.1) is 16.1 Å². The summed E-state index contributed by atoms with van der Waals surface area (Å²) in [7, 11) is 0. The number of hydrogen-bond acceptors (Lipinski definition) is 6. The fourth-order valence-electron chi connectivity index (χ4n) is 3.93. The molecule has 0 radical (unpaired) electrons. The molecule has 1 aliphatic heterocycles. The number of aromatic nitrogens is 5. The van der Waals surface area contributed by atoms with E-state index in [4.69, 9.17) is 23.2 Å². The molecule has 0 bridgehead atoms. The van der Waals surface area contributed by atoms with Gasteiger partial charge in [0.25, 0.3) is 5.91 Å². The number of aromatic amines is 1. The predicted octanol–water partition coefficient (Wildman–Crippen LogP) is 2.87. The van der Waals surface area contributed by atoms with Crippen molar-refractivity contribution in [1.82, 2.24) is 29.9 Å². The Bertz CT molecular complexity index is 1370. The number of carbonyl (C=O) groups is 1. The number of carbonyl (C=O) groups excluding carboxylic acids is 1. The van der Waals surface area contributed by atoms with E-state index in [1.54, 1.807) is 29.2 Å². The van der Waals surface area contributed by atoms with Crippen molar-refractivity contribution in [2.45, 2.75) is 18.5 Å². The lowest BCUT2D eigenvalue weighted by Gasteiger charge is -2.25. The van der Waals surface area contributed by atoms with Gasteiger partial charge >= 0.3 is 0 Å². The number of imidazole rings is 1. The lowest BCUT2D eigenvalue weighted by atomic mass is 10.0. The first-order valence-corrected chi connectivity index (χ1v) is 10.6. The van der Waals surface area contributed by atoms with E-state index >= 15 is 0 Å². The number of pyridine rings is 2. The van der Waals surface area contributed by atoms with Crippen LogP contribution in [0.1, 0.15) is 28.5 Å². The molecule has 4 aromatic rings. The van der Waals surface area contributed by atoms with E-state index in [0.29, 0.717) is 18.8 Å². The van der Waals surface area contributed by atoms with E-state index in [0.717, 1.165) is 11.2 Å². The van der Waals surface area contributed by atoms with Gasteiger partial charge in [-0.15, -0.1) is 5.10 Å². The third-order valence-corrected chi connectivity index (χ3v) is 6.11. The van der Waals surface area contributed by atoms with E-state index in [1.807, 2.05) is 18.2 Å². The van der Waals surface area contributed by atoms with Crippen LogP contribution in [0.3, 0.4) is 0 Å². The summed E-state index contributed by atoms with van der Waals surface area (Å²) in [5.74, 6) is 0.364. The van der Waals surface area contributed by atoms with Crippen molar-refractivity contribution < 1.29 is 4.79 Å². The summed E-state index contributed by atoms with van der Waals surface area (Å²) in [6, 6.07) is 8.27. The van der Waals surface area contributed by atoms with Crippen molar-refractivity contribution in [2.24, 2.45) is 0 Å². The molecule has 5 heterocycles. The molecule has 0 aliphatic carbocycles. The third-order valence-electron chi connectivity index (χ3n) is 5.40. The molecule has 11 heteroatoms. The van der Waals surface area contributed by atoms with Crippen molar-refractivity contribution in [3.8, 4) is 0 Å². The molecule has 162 valence electrons. The normalized spacial score (nSPS) is 18.2. The smallest absolute Gasteiger partial charge is 0.270 e. The fourth-order valence-corrected chi connectivity index (χ4v) is 4.19. The van der Waals surface area contributed by atoms with Crippen LogP contribution in [0, 0.1) is 0 Å². The summed E-state index contributed by atoms with van der Waals surface area (Å²) < 4.78 is 1.69. The van der Waals surface area contributed by atoms with Gasteiger partial charge in [0, 0.05) is 43.4 Å². The number of hydrogen-bond donors (Lipinski definition) is 2. The molecule has 1 aliphatic rings. The number of nitrogens with zero attached hydrogens (tertiary/aromatic N) is 5. The molecule has 9 nitrogen and oxygen atoms in total. The Hall–Kier alpha value is -3.43. The molecule has 0 saturated carbocycles. The summed E-state index contributed by atoms with van der Waals surface area (Å²) >= 11 is 11.9. The van der Waals surface area contributed by atoms with Crippen LogP contribution in [0.25, 0.3) is 5.65 Å². The molecule has 4 aromatic heterocycles. The van der Waals surface area contributed by atoms with E-state index in [9.17, 15) is 9.59 Å². The Morgan fingerprint density at radius 1 is 1.16 bits per heavy atom. The molecule has 2 N–H and O–H groups in total. The lowest BCUT2D eigenvalue weighted by Crippen LogP contribution is -2.37. The number of nitrogens with one attached hydrogen (secondary N) is 2. The zero-order chi connectivity index (χ0) is 22.2. The molecule has 1 saturated heterocycles. The Balaban J connectivity index is 1.44. The van der Waals surface area contributed by atoms with Crippen molar-refractivity contribution >= 4 is 40.6 Å². The second-order valence-electron chi connectivity index (χ2n) is 7.47. The lowest BCUT2D eigenvalue weighted by molar-refractivity contribution is 0.0935. The predicted molar refractivity (Wildman–Crippen MR) is 120 cm³/mol. The molecule has 0 aromatic carbocycles. The van der Waals surface area contributed by atoms with Gasteiger partial charge in [-0.1, -0.05) is 23.2 Å². The molecule has 32 heavy (non-hydrogen) atoms. The standard InChI is InChI=1S/C21H17Cl2N7O2/c22-14-9-16(26-10-15(14)23)21(32)27-13-8-17(12-3-4-25-20(31)7-12)29(11-13)19-2-1-18-24-5-6-30(18)28-19/h1-7,9-10,13,17H,8,11H2,(H,25,31)(H,27,32)/t13-,17?/m0/s1. The average molecular weight is 470 g/mol. The largest absolute Gasteiger partial charge is 0.346 e. The van der Waals surface area contributed by atoms with E-state index in [1.165, 1.54) is 12.3 Å². The highest BCUT2D eigenvalue weighted by molar-refractivity contribution is 6.42. The summed E-state index contributed by atoms with van der Waals surface area (Å²) in [6.07, 6.45) is 7.00. The van der Waals surface area contributed by atoms with Gasteiger partial charge in [0.2, 0.25) is 5.56 Å². The minimum absolute atomic E-state index is 0.155. The monoisotopic (exact) mass is 469 g/mol. The van der Waals surface area contributed by atoms with Crippen LogP contribution in [0.15, 0.2) is 59.9 Å². The van der Waals surface area contributed by atoms with Crippen LogP contribution >= 0.6 is 23.2 Å². The van der Waals surface area contributed by atoms with Crippen LogP contribution < -0.4 is 15.8 Å². The number of anilines is 1. The SMILES string of the molecule is O=C(N[C@H]1CC(c2cc[nH]c(=O)c2)N(c2ccc3nccn3n2)C1)c1cc(Cl)c(Cl)cn1. The zero-order valence-corrected chi connectivity index (χ0v) is 18.1. The van der Waals surface area contributed by atoms with Gasteiger partial charge in [-0.2, -0.15) is 0 Å². The van der Waals surface area contributed by atoms with Gasteiger partial charge in [-0.05, 0) is 36.2 Å². The van der Waals surface area contributed by atoms with Crippen LogP contribution in [0.5, 0.6) is 0 Å². The van der Waals surface area contributed by atoms with Crippen molar-refractivity contribution in [1.29, 1.82) is 0 Å². The Morgan fingerprint density at radius 3 is 2.84 bits per heavy atom. The highest BCUT2D eigenvalue weighted by Crippen LogP contribution is 2.35. The van der Waals surface area contributed by atoms with Gasteiger partial charge in [0.15, 0.2) is 5.65 Å². The maximum Gasteiger partial charge on any atom is 0.270 e. The van der Waals surface area contributed by atoms with Gasteiger partial charge in [-0.3, -0.25) is 9.59 Å². The Morgan fingerprint density at radius 2 is 2.03 bits per heavy atom. The van der Waals surface area contributed by atoms with Gasteiger partial charge in [-0.25, -0.2) is 14.5 Å². The number of amides is 1. The fraction of sp³-hybridized carbons (Fsp3) is 0.190. The zero-order valence-electron chi connectivity index (χ0n) is 16.6. The molecule has 2 atom stereocenters. The number of H-pyrrole nitrogens is 1. The number of halogens is 2. The number of rotatable bonds is 4. The second kappa shape index (κ2) is 8.25. The quantitative estimate of drug-likeness (QED) is 0.475. The Labute approximate surface area is 192 Å². The summed E-state index contributed by atoms with van der Waals surface area (Å²) in [5.41, 5.74) is 1.57. The summed E-state index contributed by atoms with van der Waals surface area (Å²) in [4.78, 5) is 37.7. The van der Waals surface area contributed by atoms with Crippen LogP contribution in [-0.4, -0.2) is 43.1 Å². The first-order chi connectivity index (χ1) is 15.5. The van der Waals surface area contributed by atoms with E-state index < -0.39 is 0 Å².